The summed E-state index contributed by atoms with van der Waals surface area (Å²) < 4.78 is 25.5. The van der Waals surface area contributed by atoms with E-state index in [1.807, 2.05) is 0 Å². The van der Waals surface area contributed by atoms with Crippen molar-refractivity contribution in [3.63, 3.8) is 0 Å². The van der Waals surface area contributed by atoms with E-state index in [0.717, 1.165) is 6.42 Å². The van der Waals surface area contributed by atoms with Crippen molar-refractivity contribution in [2.75, 3.05) is 18.5 Å². The number of anilines is 1. The number of esters is 1. The number of aliphatic hydroxyl groups excluding tert-OH is 1. The maximum Gasteiger partial charge on any atom is 0.303 e. The van der Waals surface area contributed by atoms with Crippen LogP contribution in [0.3, 0.4) is 0 Å². The van der Waals surface area contributed by atoms with Gasteiger partial charge in [0.1, 0.15) is 12.4 Å². The molecule has 2 aliphatic heterocycles. The second-order valence-corrected chi connectivity index (χ2v) is 6.38. The highest BCUT2D eigenvalue weighted by Gasteiger charge is 2.45. The molecule has 4 rings (SSSR count). The fourth-order valence-electron chi connectivity index (χ4n) is 3.25. The van der Waals surface area contributed by atoms with E-state index < -0.39 is 30.5 Å². The summed E-state index contributed by atoms with van der Waals surface area (Å²) in [5.41, 5.74) is 1.02. The summed E-state index contributed by atoms with van der Waals surface area (Å²) in [5, 5.41) is 13.7. The van der Waals surface area contributed by atoms with Crippen LogP contribution in [0.15, 0.2) is 12.7 Å². The summed E-state index contributed by atoms with van der Waals surface area (Å²) in [5.74, 6) is 0.0368. The SMILES string of the molecule is [3H]C[C@H]1O[C@@H](n2cnc3c(N[C@@H]4CCOC4)ncnc32)[C@H](OC(C)=O)[C@@H]1O. The van der Waals surface area contributed by atoms with Gasteiger partial charge in [-0.2, -0.15) is 0 Å². The average Bonchev–Trinajstić information content (AvgIpc) is 3.36. The lowest BCUT2D eigenvalue weighted by Crippen LogP contribution is -2.34. The summed E-state index contributed by atoms with van der Waals surface area (Å²) in [6.07, 6.45) is 0.134. The van der Waals surface area contributed by atoms with Crippen LogP contribution in [0, 0.1) is 0 Å². The maximum absolute atomic E-state index is 11.5. The number of rotatable bonds is 4. The van der Waals surface area contributed by atoms with Gasteiger partial charge in [-0.25, -0.2) is 15.0 Å². The molecule has 0 aromatic carbocycles. The smallest absolute Gasteiger partial charge is 0.303 e. The molecule has 10 heteroatoms. The zero-order valence-electron chi connectivity index (χ0n) is 15.2. The van der Waals surface area contributed by atoms with E-state index in [0.29, 0.717) is 30.2 Å². The first-order chi connectivity index (χ1) is 13.1. The van der Waals surface area contributed by atoms with Crippen LogP contribution in [-0.2, 0) is 19.0 Å². The maximum atomic E-state index is 11.5. The third-order valence-corrected chi connectivity index (χ3v) is 4.52. The van der Waals surface area contributed by atoms with Gasteiger partial charge in [0.05, 0.1) is 25.1 Å². The van der Waals surface area contributed by atoms with Crippen LogP contribution in [0.2, 0.25) is 0 Å². The summed E-state index contributed by atoms with van der Waals surface area (Å²) in [4.78, 5) is 24.4. The third-order valence-electron chi connectivity index (χ3n) is 4.52. The minimum Gasteiger partial charge on any atom is -0.455 e. The summed E-state index contributed by atoms with van der Waals surface area (Å²) in [7, 11) is 0. The highest BCUT2D eigenvalue weighted by atomic mass is 16.6. The van der Waals surface area contributed by atoms with E-state index in [4.69, 9.17) is 15.6 Å². The molecule has 2 aromatic heterocycles. The molecule has 0 unspecified atom stereocenters. The van der Waals surface area contributed by atoms with E-state index in [1.54, 1.807) is 4.57 Å². The van der Waals surface area contributed by atoms with Crippen LogP contribution in [0.4, 0.5) is 5.82 Å². The highest BCUT2D eigenvalue weighted by molar-refractivity contribution is 5.82. The van der Waals surface area contributed by atoms with Crippen LogP contribution in [0.1, 0.15) is 27.8 Å². The number of nitrogens with one attached hydrogen (secondary N) is 1. The normalized spacial score (nSPS) is 31.9. The van der Waals surface area contributed by atoms with Gasteiger partial charge in [-0.3, -0.25) is 9.36 Å². The molecule has 2 aromatic rings. The molecule has 0 spiro atoms. The first-order valence-corrected chi connectivity index (χ1v) is 8.40. The Balaban J connectivity index is 1.67. The second-order valence-electron chi connectivity index (χ2n) is 6.38. The fourth-order valence-corrected chi connectivity index (χ4v) is 3.25. The molecule has 2 N–H and O–H groups in total. The van der Waals surface area contributed by atoms with Crippen molar-refractivity contribution in [2.24, 2.45) is 0 Å². The van der Waals surface area contributed by atoms with Crippen LogP contribution < -0.4 is 5.32 Å². The van der Waals surface area contributed by atoms with E-state index in [-0.39, 0.29) is 12.9 Å². The van der Waals surface area contributed by atoms with Crippen molar-refractivity contribution in [3.8, 4) is 0 Å². The molecule has 140 valence electrons. The van der Waals surface area contributed by atoms with Crippen molar-refractivity contribution in [3.05, 3.63) is 12.7 Å². The lowest BCUT2D eigenvalue weighted by atomic mass is 10.1. The number of hydrogen-bond donors (Lipinski definition) is 2. The van der Waals surface area contributed by atoms with Crippen molar-refractivity contribution in [2.45, 2.75) is 50.8 Å². The largest absolute Gasteiger partial charge is 0.455 e. The minimum absolute atomic E-state index is 0.152. The lowest BCUT2D eigenvalue weighted by molar-refractivity contribution is -0.155. The molecule has 2 fully saturated rings. The highest BCUT2D eigenvalue weighted by Crippen LogP contribution is 2.34. The average molecular weight is 365 g/mol. The Morgan fingerprint density at radius 1 is 1.50 bits per heavy atom. The minimum atomic E-state index is -1.11. The Kier molecular flexibility index (Phi) is 4.15. The molecule has 2 saturated heterocycles. The van der Waals surface area contributed by atoms with Crippen LogP contribution >= 0.6 is 0 Å². The number of fused-ring (bicyclic) bond motifs is 1. The molecule has 26 heavy (non-hydrogen) atoms. The van der Waals surface area contributed by atoms with Crippen LogP contribution in [0.5, 0.6) is 0 Å². The fraction of sp³-hybridized carbons (Fsp3) is 0.625. The van der Waals surface area contributed by atoms with Gasteiger partial charge in [0.15, 0.2) is 29.3 Å². The van der Waals surface area contributed by atoms with Crippen molar-refractivity contribution in [1.82, 2.24) is 19.5 Å². The number of carbonyl (C=O) groups is 1. The van der Waals surface area contributed by atoms with E-state index in [9.17, 15) is 9.90 Å². The van der Waals surface area contributed by atoms with Gasteiger partial charge in [0.2, 0.25) is 0 Å². The first-order valence-electron chi connectivity index (χ1n) is 9.11. The van der Waals surface area contributed by atoms with Crippen molar-refractivity contribution in [1.29, 1.82) is 0 Å². The number of aromatic nitrogens is 4. The number of nitrogens with zero attached hydrogens (tertiary/aromatic N) is 4. The number of carbonyl (C=O) groups excluding carboxylic acids is 1. The Morgan fingerprint density at radius 3 is 3.12 bits per heavy atom. The number of aliphatic hydroxyl groups is 1. The lowest BCUT2D eigenvalue weighted by Gasteiger charge is -2.21. The zero-order chi connectivity index (χ0) is 19.0. The number of ether oxygens (including phenoxy) is 3. The predicted octanol–water partition coefficient (Wildman–Crippen LogP) is 0.237. The van der Waals surface area contributed by atoms with Gasteiger partial charge in [-0.1, -0.05) is 0 Å². The van der Waals surface area contributed by atoms with Gasteiger partial charge in [0.25, 0.3) is 0 Å². The topological polar surface area (TPSA) is 121 Å². The van der Waals surface area contributed by atoms with Crippen molar-refractivity contribution < 1.29 is 25.5 Å². The Labute approximate surface area is 150 Å². The first kappa shape index (κ1) is 15.9. The molecular formula is C16H21N5O5. The molecule has 0 saturated carbocycles. The molecule has 4 heterocycles. The van der Waals surface area contributed by atoms with Crippen molar-refractivity contribution >= 4 is 23.0 Å². The molecular weight excluding hydrogens is 342 g/mol. The summed E-state index contributed by atoms with van der Waals surface area (Å²) in [6.45, 7) is 2.40. The second kappa shape index (κ2) is 6.78. The molecule has 2 aliphatic rings. The van der Waals surface area contributed by atoms with E-state index in [1.165, 1.54) is 19.6 Å². The molecule has 0 amide bonds. The molecule has 0 bridgehead atoms. The van der Waals surface area contributed by atoms with Gasteiger partial charge in [-0.05, 0) is 13.3 Å². The number of hydrogen-bond acceptors (Lipinski definition) is 9. The Bertz CT molecular complexity index is 827. The summed E-state index contributed by atoms with van der Waals surface area (Å²) >= 11 is 0. The molecule has 0 radical (unpaired) electrons. The third kappa shape index (κ3) is 3.00. The van der Waals surface area contributed by atoms with Crippen LogP contribution in [0.25, 0.3) is 11.2 Å². The van der Waals surface area contributed by atoms with Gasteiger partial charge >= 0.3 is 5.97 Å². The number of imidazole rings is 1. The van der Waals surface area contributed by atoms with Gasteiger partial charge in [-0.15, -0.1) is 0 Å². The predicted molar refractivity (Wildman–Crippen MR) is 89.3 cm³/mol. The standard InChI is InChI=1S/C16H21N5O5/c1-8-12(23)13(26-9(2)22)16(25-8)21-7-19-11-14(17-6-18-15(11)21)20-10-3-4-24-5-10/h6-8,10,12-13,16,23H,3-5H2,1-2H3,(H,17,18,20)/t8-,10-,12-,13-,16-/m1/s1/i1T. The van der Waals surface area contributed by atoms with Crippen LogP contribution in [-0.4, -0.2) is 68.2 Å². The van der Waals surface area contributed by atoms with Gasteiger partial charge < -0.3 is 24.6 Å². The molecule has 10 nitrogen and oxygen atoms in total. The van der Waals surface area contributed by atoms with E-state index >= 15 is 0 Å². The monoisotopic (exact) mass is 365 g/mol. The molecule has 5 atom stereocenters. The molecule has 0 aliphatic carbocycles. The zero-order valence-corrected chi connectivity index (χ0v) is 14.2. The quantitative estimate of drug-likeness (QED) is 0.734. The van der Waals surface area contributed by atoms with E-state index in [2.05, 4.69) is 20.3 Å². The van der Waals surface area contributed by atoms with Gasteiger partial charge in [0, 0.05) is 14.9 Å². The summed E-state index contributed by atoms with van der Waals surface area (Å²) in [6, 6.07) is 0.152. The Hall–Kier alpha value is -2.30. The Morgan fingerprint density at radius 2 is 2.38 bits per heavy atom.